The third-order valence-electron chi connectivity index (χ3n) is 5.37. The molecule has 0 bridgehead atoms. The van der Waals surface area contributed by atoms with E-state index in [4.69, 9.17) is 4.99 Å². The second-order valence-corrected chi connectivity index (χ2v) is 7.47. The number of carbonyl (C=O) groups is 1. The fourth-order valence-electron chi connectivity index (χ4n) is 3.53. The maximum absolute atomic E-state index is 12.4. The minimum Gasteiger partial charge on any atom is -0.357 e. The van der Waals surface area contributed by atoms with Gasteiger partial charge in [0.2, 0.25) is 0 Å². The van der Waals surface area contributed by atoms with Crippen LogP contribution in [0.4, 0.5) is 0 Å². The Morgan fingerprint density at radius 1 is 1.07 bits per heavy atom. The Labute approximate surface area is 187 Å². The van der Waals surface area contributed by atoms with Crippen LogP contribution in [0, 0.1) is 5.92 Å². The summed E-state index contributed by atoms with van der Waals surface area (Å²) in [4.78, 5) is 19.0. The average Bonchev–Trinajstić information content (AvgIpc) is 2.69. The van der Waals surface area contributed by atoms with Crippen molar-refractivity contribution in [2.45, 2.75) is 66.0 Å². The average molecular weight is 500 g/mol. The Kier molecular flexibility index (Phi) is 11.5. The molecule has 1 aromatic rings. The highest BCUT2D eigenvalue weighted by Crippen LogP contribution is 2.23. The van der Waals surface area contributed by atoms with Crippen LogP contribution < -0.4 is 10.6 Å². The van der Waals surface area contributed by atoms with E-state index in [0.29, 0.717) is 12.6 Å². The summed E-state index contributed by atoms with van der Waals surface area (Å²) < 4.78 is 0. The first-order valence-electron chi connectivity index (χ1n) is 10.5. The molecule has 0 saturated heterocycles. The fraction of sp³-hybridized carbons (Fsp3) is 0.636. The summed E-state index contributed by atoms with van der Waals surface area (Å²) in [6.07, 6.45) is 5.01. The van der Waals surface area contributed by atoms with Gasteiger partial charge in [-0.25, -0.2) is 4.99 Å². The number of amides is 1. The third-order valence-corrected chi connectivity index (χ3v) is 5.37. The quantitative estimate of drug-likeness (QED) is 0.331. The molecule has 28 heavy (non-hydrogen) atoms. The number of guanidine groups is 1. The zero-order valence-corrected chi connectivity index (χ0v) is 20.2. The molecule has 0 aromatic heterocycles. The monoisotopic (exact) mass is 500 g/mol. The van der Waals surface area contributed by atoms with E-state index in [1.165, 1.54) is 25.7 Å². The summed E-state index contributed by atoms with van der Waals surface area (Å²) in [7, 11) is 0. The smallest absolute Gasteiger partial charge is 0.253 e. The summed E-state index contributed by atoms with van der Waals surface area (Å²) in [5, 5.41) is 6.93. The van der Waals surface area contributed by atoms with E-state index in [1.54, 1.807) is 0 Å². The molecule has 0 unspecified atom stereocenters. The summed E-state index contributed by atoms with van der Waals surface area (Å²) in [5.41, 5.74) is 1.85. The van der Waals surface area contributed by atoms with Gasteiger partial charge in [0, 0.05) is 31.2 Å². The fourth-order valence-corrected chi connectivity index (χ4v) is 3.53. The number of nitrogens with zero attached hydrogens (tertiary/aromatic N) is 2. The standard InChI is InChI=1S/C22H36N4O.HI/c1-5-23-22(25-20-14-8-17(4)9-15-20)24-16-18-10-12-19(13-11-18)21(27)26(6-2)7-3;/h10-13,17,20H,5-9,14-16H2,1-4H3,(H2,23,24,25);1H. The Morgan fingerprint density at radius 2 is 1.68 bits per heavy atom. The van der Waals surface area contributed by atoms with Crippen molar-refractivity contribution in [3.05, 3.63) is 35.4 Å². The van der Waals surface area contributed by atoms with Crippen molar-refractivity contribution in [1.29, 1.82) is 0 Å². The highest BCUT2D eigenvalue weighted by atomic mass is 127. The van der Waals surface area contributed by atoms with Crippen LogP contribution in [-0.4, -0.2) is 42.4 Å². The summed E-state index contributed by atoms with van der Waals surface area (Å²) in [6.45, 7) is 11.4. The largest absolute Gasteiger partial charge is 0.357 e. The normalized spacial score (nSPS) is 19.5. The van der Waals surface area contributed by atoms with Gasteiger partial charge in [-0.15, -0.1) is 24.0 Å². The van der Waals surface area contributed by atoms with E-state index in [1.807, 2.05) is 43.0 Å². The van der Waals surface area contributed by atoms with Crippen LogP contribution in [0.15, 0.2) is 29.3 Å². The van der Waals surface area contributed by atoms with Crippen LogP contribution >= 0.6 is 24.0 Å². The molecule has 0 atom stereocenters. The van der Waals surface area contributed by atoms with E-state index >= 15 is 0 Å². The lowest BCUT2D eigenvalue weighted by molar-refractivity contribution is 0.0773. The zero-order chi connectivity index (χ0) is 19.6. The molecule has 0 aliphatic heterocycles. The lowest BCUT2D eigenvalue weighted by atomic mass is 9.87. The summed E-state index contributed by atoms with van der Waals surface area (Å²) in [6, 6.07) is 8.36. The number of aliphatic imine (C=N–C) groups is 1. The lowest BCUT2D eigenvalue weighted by Crippen LogP contribution is -2.44. The van der Waals surface area contributed by atoms with Gasteiger partial charge in [-0.3, -0.25) is 4.79 Å². The van der Waals surface area contributed by atoms with E-state index in [-0.39, 0.29) is 29.9 Å². The molecule has 0 spiro atoms. The molecule has 1 fully saturated rings. The molecule has 0 radical (unpaired) electrons. The van der Waals surface area contributed by atoms with Crippen LogP contribution in [0.1, 0.15) is 69.3 Å². The highest BCUT2D eigenvalue weighted by Gasteiger charge is 2.18. The molecule has 2 rings (SSSR count). The Bertz CT molecular complexity index is 605. The van der Waals surface area contributed by atoms with Crippen LogP contribution in [0.3, 0.4) is 0 Å². The van der Waals surface area contributed by atoms with Crippen LogP contribution in [0.25, 0.3) is 0 Å². The third kappa shape index (κ3) is 7.60. The van der Waals surface area contributed by atoms with E-state index in [2.05, 4.69) is 24.5 Å². The maximum atomic E-state index is 12.4. The molecule has 1 saturated carbocycles. The first kappa shape index (κ1) is 24.7. The van der Waals surface area contributed by atoms with Gasteiger partial charge in [0.05, 0.1) is 6.54 Å². The molecule has 1 aliphatic rings. The molecule has 158 valence electrons. The first-order chi connectivity index (χ1) is 13.1. The number of nitrogens with one attached hydrogen (secondary N) is 2. The number of benzene rings is 1. The van der Waals surface area contributed by atoms with Gasteiger partial charge in [-0.05, 0) is 70.1 Å². The molecule has 0 heterocycles. The topological polar surface area (TPSA) is 56.7 Å². The van der Waals surface area contributed by atoms with Gasteiger partial charge >= 0.3 is 0 Å². The van der Waals surface area contributed by atoms with Crippen LogP contribution in [-0.2, 0) is 6.54 Å². The van der Waals surface area contributed by atoms with Crippen molar-refractivity contribution in [2.75, 3.05) is 19.6 Å². The molecule has 6 heteroatoms. The van der Waals surface area contributed by atoms with Crippen LogP contribution in [0.2, 0.25) is 0 Å². The minimum atomic E-state index is 0. The van der Waals surface area contributed by atoms with E-state index in [9.17, 15) is 4.79 Å². The number of rotatable bonds is 7. The molecule has 1 aliphatic carbocycles. The second-order valence-electron chi connectivity index (χ2n) is 7.47. The molecular formula is C22H37IN4O. The zero-order valence-electron chi connectivity index (χ0n) is 17.8. The van der Waals surface area contributed by atoms with Gasteiger partial charge in [-0.2, -0.15) is 0 Å². The predicted octanol–water partition coefficient (Wildman–Crippen LogP) is 4.42. The van der Waals surface area contributed by atoms with Crippen molar-refractivity contribution in [1.82, 2.24) is 15.5 Å². The minimum absolute atomic E-state index is 0. The highest BCUT2D eigenvalue weighted by molar-refractivity contribution is 14.0. The second kappa shape index (κ2) is 13.0. The molecular weight excluding hydrogens is 463 g/mol. The van der Waals surface area contributed by atoms with E-state index < -0.39 is 0 Å². The van der Waals surface area contributed by atoms with Gasteiger partial charge in [0.15, 0.2) is 5.96 Å². The Morgan fingerprint density at radius 3 is 2.21 bits per heavy atom. The van der Waals surface area contributed by atoms with Gasteiger partial charge in [-0.1, -0.05) is 19.1 Å². The first-order valence-corrected chi connectivity index (χ1v) is 10.5. The molecule has 1 amide bonds. The molecule has 5 nitrogen and oxygen atoms in total. The van der Waals surface area contributed by atoms with E-state index in [0.717, 1.165) is 42.6 Å². The Hall–Kier alpha value is -1.31. The van der Waals surface area contributed by atoms with Crippen molar-refractivity contribution >= 4 is 35.8 Å². The summed E-state index contributed by atoms with van der Waals surface area (Å²) >= 11 is 0. The Balaban J connectivity index is 0.00000392. The van der Waals surface area contributed by atoms with Crippen molar-refractivity contribution in [3.8, 4) is 0 Å². The SMILES string of the molecule is CCNC(=NCc1ccc(C(=O)N(CC)CC)cc1)NC1CCC(C)CC1.I. The molecule has 1 aromatic carbocycles. The maximum Gasteiger partial charge on any atom is 0.253 e. The van der Waals surface area contributed by atoms with Gasteiger partial charge in [0.1, 0.15) is 0 Å². The van der Waals surface area contributed by atoms with Crippen molar-refractivity contribution < 1.29 is 4.79 Å². The predicted molar refractivity (Wildman–Crippen MR) is 128 cm³/mol. The summed E-state index contributed by atoms with van der Waals surface area (Å²) in [5.74, 6) is 1.83. The van der Waals surface area contributed by atoms with Gasteiger partial charge < -0.3 is 15.5 Å². The number of hydrogen-bond donors (Lipinski definition) is 2. The number of halogens is 1. The lowest BCUT2D eigenvalue weighted by Gasteiger charge is -2.28. The van der Waals surface area contributed by atoms with Crippen LogP contribution in [0.5, 0.6) is 0 Å². The van der Waals surface area contributed by atoms with Crippen molar-refractivity contribution in [3.63, 3.8) is 0 Å². The van der Waals surface area contributed by atoms with Gasteiger partial charge in [0.25, 0.3) is 5.91 Å². The number of hydrogen-bond acceptors (Lipinski definition) is 2. The number of carbonyl (C=O) groups excluding carboxylic acids is 1. The van der Waals surface area contributed by atoms with Crippen molar-refractivity contribution in [2.24, 2.45) is 10.9 Å². The molecule has 2 N–H and O–H groups in total.